The zero-order valence-electron chi connectivity index (χ0n) is 16.6. The van der Waals surface area contributed by atoms with Crippen molar-refractivity contribution in [3.05, 3.63) is 71.5 Å². The van der Waals surface area contributed by atoms with Gasteiger partial charge < -0.3 is 14.8 Å². The Bertz CT molecular complexity index is 1360. The summed E-state index contributed by atoms with van der Waals surface area (Å²) in [7, 11) is 0. The average molecular weight is 440 g/mol. The standard InChI is InChI=1S/C22H15F3N4O3/c1-12-3-2-4-14(7-12)26-21(30)16-10-20-27-15(9-19(22(23,24)25)29(20)28-16)13-5-6-17-18(8-13)32-11-31-17/h2-10H,11H2,1H3,(H,26,30). The van der Waals surface area contributed by atoms with Crippen LogP contribution in [0.3, 0.4) is 0 Å². The van der Waals surface area contributed by atoms with Crippen LogP contribution in [0.1, 0.15) is 21.7 Å². The number of anilines is 1. The molecule has 7 nitrogen and oxygen atoms in total. The van der Waals surface area contributed by atoms with Gasteiger partial charge in [0, 0.05) is 17.3 Å². The van der Waals surface area contributed by atoms with Crippen LogP contribution in [-0.4, -0.2) is 27.3 Å². The smallest absolute Gasteiger partial charge is 0.433 e. The van der Waals surface area contributed by atoms with E-state index in [0.717, 1.165) is 11.6 Å². The second-order valence-corrected chi connectivity index (χ2v) is 7.22. The lowest BCUT2D eigenvalue weighted by atomic mass is 10.1. The van der Waals surface area contributed by atoms with E-state index in [0.29, 0.717) is 27.3 Å². The molecule has 0 fully saturated rings. The summed E-state index contributed by atoms with van der Waals surface area (Å²) in [6.07, 6.45) is -4.72. The van der Waals surface area contributed by atoms with Gasteiger partial charge in [0.15, 0.2) is 28.5 Å². The Hall–Kier alpha value is -4.08. The van der Waals surface area contributed by atoms with Gasteiger partial charge in [-0.3, -0.25) is 4.79 Å². The lowest BCUT2D eigenvalue weighted by Crippen LogP contribution is -2.15. The summed E-state index contributed by atoms with van der Waals surface area (Å²) >= 11 is 0. The molecule has 0 bridgehead atoms. The van der Waals surface area contributed by atoms with Gasteiger partial charge in [0.1, 0.15) is 0 Å². The highest BCUT2D eigenvalue weighted by atomic mass is 19.4. The van der Waals surface area contributed by atoms with Crippen molar-refractivity contribution >= 4 is 17.2 Å². The van der Waals surface area contributed by atoms with E-state index in [1.54, 1.807) is 36.4 Å². The molecule has 0 atom stereocenters. The molecular weight excluding hydrogens is 425 g/mol. The molecule has 3 heterocycles. The fraction of sp³-hybridized carbons (Fsp3) is 0.136. The molecule has 5 rings (SSSR count). The first-order valence-electron chi connectivity index (χ1n) is 9.54. The van der Waals surface area contributed by atoms with Gasteiger partial charge in [-0.2, -0.15) is 18.3 Å². The summed E-state index contributed by atoms with van der Waals surface area (Å²) in [5.74, 6) is 0.286. The molecular formula is C22H15F3N4O3. The molecule has 0 aliphatic carbocycles. The number of benzene rings is 2. The topological polar surface area (TPSA) is 77.8 Å². The quantitative estimate of drug-likeness (QED) is 0.500. The maximum Gasteiger partial charge on any atom is 0.433 e. The molecule has 0 spiro atoms. The van der Waals surface area contributed by atoms with Crippen molar-refractivity contribution in [2.45, 2.75) is 13.1 Å². The van der Waals surface area contributed by atoms with Crippen molar-refractivity contribution in [1.29, 1.82) is 0 Å². The van der Waals surface area contributed by atoms with Crippen LogP contribution in [0.15, 0.2) is 54.6 Å². The molecule has 162 valence electrons. The Morgan fingerprint density at radius 1 is 1.06 bits per heavy atom. The fourth-order valence-electron chi connectivity index (χ4n) is 3.41. The molecule has 10 heteroatoms. The molecule has 1 amide bonds. The minimum Gasteiger partial charge on any atom is -0.454 e. The van der Waals surface area contributed by atoms with E-state index in [1.807, 2.05) is 13.0 Å². The molecule has 32 heavy (non-hydrogen) atoms. The van der Waals surface area contributed by atoms with E-state index >= 15 is 0 Å². The van der Waals surface area contributed by atoms with E-state index in [1.165, 1.54) is 6.07 Å². The maximum atomic E-state index is 13.8. The third-order valence-corrected chi connectivity index (χ3v) is 4.89. The number of alkyl halides is 3. The van der Waals surface area contributed by atoms with Crippen molar-refractivity contribution in [3.63, 3.8) is 0 Å². The molecule has 0 saturated carbocycles. The summed E-state index contributed by atoms with van der Waals surface area (Å²) in [6.45, 7) is 1.90. The maximum absolute atomic E-state index is 13.8. The van der Waals surface area contributed by atoms with Gasteiger partial charge in [0.2, 0.25) is 6.79 Å². The molecule has 0 saturated heterocycles. The average Bonchev–Trinajstić information content (AvgIpc) is 3.38. The molecule has 1 aliphatic rings. The van der Waals surface area contributed by atoms with Crippen molar-refractivity contribution in [3.8, 4) is 22.8 Å². The van der Waals surface area contributed by atoms with Gasteiger partial charge in [-0.25, -0.2) is 9.50 Å². The van der Waals surface area contributed by atoms with Crippen LogP contribution in [0.25, 0.3) is 16.9 Å². The van der Waals surface area contributed by atoms with Crippen LogP contribution >= 0.6 is 0 Å². The first-order valence-corrected chi connectivity index (χ1v) is 9.54. The van der Waals surface area contributed by atoms with E-state index in [4.69, 9.17) is 9.47 Å². The zero-order valence-corrected chi connectivity index (χ0v) is 16.6. The van der Waals surface area contributed by atoms with Crippen LogP contribution in [0.2, 0.25) is 0 Å². The second-order valence-electron chi connectivity index (χ2n) is 7.22. The van der Waals surface area contributed by atoms with Crippen LogP contribution in [0, 0.1) is 6.92 Å². The lowest BCUT2D eigenvalue weighted by molar-refractivity contribution is -0.142. The number of nitrogens with one attached hydrogen (secondary N) is 1. The number of halogens is 3. The van der Waals surface area contributed by atoms with E-state index in [2.05, 4.69) is 15.4 Å². The Morgan fingerprint density at radius 2 is 1.88 bits per heavy atom. The van der Waals surface area contributed by atoms with Gasteiger partial charge in [0.25, 0.3) is 5.91 Å². The van der Waals surface area contributed by atoms with Crippen LogP contribution in [0.5, 0.6) is 11.5 Å². The van der Waals surface area contributed by atoms with Crippen molar-refractivity contribution < 1.29 is 27.4 Å². The van der Waals surface area contributed by atoms with Crippen LogP contribution in [0.4, 0.5) is 18.9 Å². The first kappa shape index (κ1) is 19.9. The number of fused-ring (bicyclic) bond motifs is 2. The molecule has 4 aromatic rings. The molecule has 2 aromatic heterocycles. The Balaban J connectivity index is 1.57. The van der Waals surface area contributed by atoms with Crippen LogP contribution in [-0.2, 0) is 6.18 Å². The molecule has 2 aromatic carbocycles. The Labute approximate surface area is 179 Å². The number of amides is 1. The minimum atomic E-state index is -4.72. The zero-order chi connectivity index (χ0) is 22.5. The van der Waals surface area contributed by atoms with Crippen molar-refractivity contribution in [1.82, 2.24) is 14.6 Å². The third kappa shape index (κ3) is 3.59. The van der Waals surface area contributed by atoms with Crippen molar-refractivity contribution in [2.24, 2.45) is 0 Å². The molecule has 1 N–H and O–H groups in total. The number of carbonyl (C=O) groups excluding carboxylic acids is 1. The summed E-state index contributed by atoms with van der Waals surface area (Å²) in [6, 6.07) is 13.9. The number of hydrogen-bond acceptors (Lipinski definition) is 5. The normalized spacial score (nSPS) is 12.9. The fourth-order valence-corrected chi connectivity index (χ4v) is 3.41. The highest BCUT2D eigenvalue weighted by Crippen LogP contribution is 2.37. The van der Waals surface area contributed by atoms with Crippen molar-refractivity contribution in [2.75, 3.05) is 12.1 Å². The van der Waals surface area contributed by atoms with Gasteiger partial charge in [-0.05, 0) is 48.9 Å². The van der Waals surface area contributed by atoms with Crippen LogP contribution < -0.4 is 14.8 Å². The first-order chi connectivity index (χ1) is 15.3. The second kappa shape index (κ2) is 7.26. The number of ether oxygens (including phenoxy) is 2. The van der Waals surface area contributed by atoms with Gasteiger partial charge in [-0.15, -0.1) is 0 Å². The number of hydrogen-bond donors (Lipinski definition) is 1. The summed E-state index contributed by atoms with van der Waals surface area (Å²) in [5.41, 5.74) is 0.561. The highest BCUT2D eigenvalue weighted by Gasteiger charge is 2.36. The Morgan fingerprint density at radius 3 is 2.66 bits per heavy atom. The largest absolute Gasteiger partial charge is 0.454 e. The third-order valence-electron chi connectivity index (χ3n) is 4.89. The molecule has 1 aliphatic heterocycles. The number of aryl methyl sites for hydroxylation is 1. The van der Waals surface area contributed by atoms with Gasteiger partial charge in [0.05, 0.1) is 5.69 Å². The highest BCUT2D eigenvalue weighted by molar-refractivity contribution is 6.03. The minimum absolute atomic E-state index is 0.0427. The van der Waals surface area contributed by atoms with Gasteiger partial charge >= 0.3 is 6.18 Å². The summed E-state index contributed by atoms with van der Waals surface area (Å²) in [5, 5.41) is 6.51. The predicted octanol–water partition coefficient (Wildman–Crippen LogP) is 4.70. The predicted molar refractivity (Wildman–Crippen MR) is 109 cm³/mol. The lowest BCUT2D eigenvalue weighted by Gasteiger charge is -2.11. The van der Waals surface area contributed by atoms with E-state index in [9.17, 15) is 18.0 Å². The molecule has 0 radical (unpaired) electrons. The SMILES string of the molecule is Cc1cccc(NC(=O)c2cc3nc(-c4ccc5c(c4)OCO5)cc(C(F)(F)F)n3n2)c1. The summed E-state index contributed by atoms with van der Waals surface area (Å²) < 4.78 is 52.6. The Kier molecular flexibility index (Phi) is 4.50. The monoisotopic (exact) mass is 440 g/mol. The number of carbonyl (C=O) groups is 1. The van der Waals surface area contributed by atoms with Gasteiger partial charge in [-0.1, -0.05) is 12.1 Å². The summed E-state index contributed by atoms with van der Waals surface area (Å²) in [4.78, 5) is 16.9. The number of rotatable bonds is 3. The van der Waals surface area contributed by atoms with E-state index in [-0.39, 0.29) is 23.8 Å². The number of aromatic nitrogens is 3. The number of nitrogens with zero attached hydrogens (tertiary/aromatic N) is 3. The van der Waals surface area contributed by atoms with E-state index < -0.39 is 17.8 Å². The molecule has 0 unspecified atom stereocenters.